The van der Waals surface area contributed by atoms with E-state index in [0.29, 0.717) is 12.1 Å². The summed E-state index contributed by atoms with van der Waals surface area (Å²) in [6.07, 6.45) is 2.31. The van der Waals surface area contributed by atoms with Crippen LogP contribution in [0, 0.1) is 5.41 Å². The third-order valence-corrected chi connectivity index (χ3v) is 5.56. The lowest BCUT2D eigenvalue weighted by Crippen LogP contribution is -2.50. The fourth-order valence-corrected chi connectivity index (χ4v) is 3.70. The zero-order chi connectivity index (χ0) is 18.4. The van der Waals surface area contributed by atoms with Crippen molar-refractivity contribution in [3.05, 3.63) is 35.9 Å². The molecule has 0 spiro atoms. The number of likely N-dealkylation sites (tertiary alicyclic amines) is 1. The quantitative estimate of drug-likeness (QED) is 0.368. The van der Waals surface area contributed by atoms with Gasteiger partial charge in [-0.25, -0.2) is 0 Å². The topological polar surface area (TPSA) is 48.9 Å². The van der Waals surface area contributed by atoms with E-state index in [9.17, 15) is 0 Å². The van der Waals surface area contributed by atoms with Gasteiger partial charge < -0.3 is 15.4 Å². The van der Waals surface area contributed by atoms with Crippen LogP contribution in [0.15, 0.2) is 35.3 Å². The van der Waals surface area contributed by atoms with Gasteiger partial charge in [-0.15, -0.1) is 24.0 Å². The first kappa shape index (κ1) is 22.4. The third kappa shape index (κ3) is 6.32. The summed E-state index contributed by atoms with van der Waals surface area (Å²) in [4.78, 5) is 7.39. The highest BCUT2D eigenvalue weighted by molar-refractivity contribution is 14.0. The van der Waals surface area contributed by atoms with Gasteiger partial charge in [-0.05, 0) is 32.3 Å². The predicted molar refractivity (Wildman–Crippen MR) is 123 cm³/mol. The van der Waals surface area contributed by atoms with E-state index in [4.69, 9.17) is 9.73 Å². The van der Waals surface area contributed by atoms with Gasteiger partial charge in [0, 0.05) is 37.1 Å². The van der Waals surface area contributed by atoms with Gasteiger partial charge in [-0.2, -0.15) is 0 Å². The van der Waals surface area contributed by atoms with Gasteiger partial charge in [0.05, 0.1) is 19.8 Å². The second kappa shape index (κ2) is 10.6. The molecule has 1 atom stereocenters. The Hall–Kier alpha value is -0.860. The molecule has 1 unspecified atom stereocenters. The largest absolute Gasteiger partial charge is 0.380 e. The molecule has 1 aromatic carbocycles. The zero-order valence-corrected chi connectivity index (χ0v) is 19.2. The summed E-state index contributed by atoms with van der Waals surface area (Å²) < 4.78 is 5.34. The monoisotopic (exact) mass is 486 g/mol. The molecular weight excluding hydrogens is 451 g/mol. The molecule has 6 heteroatoms. The number of nitrogens with zero attached hydrogens (tertiary/aromatic N) is 2. The minimum atomic E-state index is 0. The van der Waals surface area contributed by atoms with E-state index in [1.54, 1.807) is 0 Å². The molecular formula is C21H35IN4O. The molecule has 2 saturated heterocycles. The Morgan fingerprint density at radius 3 is 2.48 bits per heavy atom. The van der Waals surface area contributed by atoms with Crippen LogP contribution in [0.5, 0.6) is 0 Å². The highest BCUT2D eigenvalue weighted by atomic mass is 127. The van der Waals surface area contributed by atoms with Crippen LogP contribution in [-0.2, 0) is 4.74 Å². The first-order chi connectivity index (χ1) is 12.6. The molecule has 0 bridgehead atoms. The van der Waals surface area contributed by atoms with E-state index >= 15 is 0 Å². The number of rotatable bonds is 6. The van der Waals surface area contributed by atoms with Crippen LogP contribution in [0.1, 0.15) is 45.2 Å². The van der Waals surface area contributed by atoms with E-state index in [-0.39, 0.29) is 29.4 Å². The molecule has 0 amide bonds. The smallest absolute Gasteiger partial charge is 0.191 e. The molecule has 27 heavy (non-hydrogen) atoms. The predicted octanol–water partition coefficient (Wildman–Crippen LogP) is 3.42. The summed E-state index contributed by atoms with van der Waals surface area (Å²) in [7, 11) is 0. The SMILES string of the molecule is CCNC(=NCC1(C)COC1)NC1CCN(C(C)c2ccccc2)CC1.I. The molecule has 2 aliphatic rings. The third-order valence-electron chi connectivity index (χ3n) is 5.56. The Balaban J connectivity index is 0.00000261. The normalized spacial score (nSPS) is 21.7. The number of aliphatic imine (C=N–C) groups is 1. The number of nitrogens with one attached hydrogen (secondary N) is 2. The average molecular weight is 486 g/mol. The van der Waals surface area contributed by atoms with Crippen molar-refractivity contribution in [2.75, 3.05) is 39.4 Å². The van der Waals surface area contributed by atoms with Crippen LogP contribution < -0.4 is 10.6 Å². The second-order valence-electron chi connectivity index (χ2n) is 8.04. The maximum absolute atomic E-state index is 5.34. The van der Waals surface area contributed by atoms with Crippen LogP contribution in [0.2, 0.25) is 0 Å². The highest BCUT2D eigenvalue weighted by Crippen LogP contribution is 2.27. The number of guanidine groups is 1. The van der Waals surface area contributed by atoms with Crippen LogP contribution in [0.4, 0.5) is 0 Å². The lowest BCUT2D eigenvalue weighted by atomic mass is 9.89. The lowest BCUT2D eigenvalue weighted by molar-refractivity contribution is -0.0945. The van der Waals surface area contributed by atoms with Crippen molar-refractivity contribution in [3.63, 3.8) is 0 Å². The summed E-state index contributed by atoms with van der Waals surface area (Å²) in [5.41, 5.74) is 1.63. The van der Waals surface area contributed by atoms with E-state index in [2.05, 4.69) is 66.6 Å². The van der Waals surface area contributed by atoms with Crippen LogP contribution in [0.25, 0.3) is 0 Å². The van der Waals surface area contributed by atoms with Crippen molar-refractivity contribution >= 4 is 29.9 Å². The maximum atomic E-state index is 5.34. The summed E-state index contributed by atoms with van der Waals surface area (Å²) in [5.74, 6) is 0.954. The van der Waals surface area contributed by atoms with Crippen LogP contribution in [-0.4, -0.2) is 56.3 Å². The van der Waals surface area contributed by atoms with E-state index in [1.807, 2.05) is 0 Å². The molecule has 0 saturated carbocycles. The summed E-state index contributed by atoms with van der Waals surface area (Å²) >= 11 is 0. The number of benzene rings is 1. The molecule has 0 radical (unpaired) electrons. The fraction of sp³-hybridized carbons (Fsp3) is 0.667. The molecule has 2 fully saturated rings. The number of ether oxygens (including phenoxy) is 1. The van der Waals surface area contributed by atoms with E-state index in [0.717, 1.165) is 58.2 Å². The lowest BCUT2D eigenvalue weighted by Gasteiger charge is -2.38. The van der Waals surface area contributed by atoms with Gasteiger partial charge in [0.25, 0.3) is 0 Å². The van der Waals surface area contributed by atoms with Crippen molar-refractivity contribution in [2.45, 2.75) is 45.7 Å². The number of piperidine rings is 1. The molecule has 3 rings (SSSR count). The molecule has 1 aromatic rings. The standard InChI is InChI=1S/C21H34N4O.HI/c1-4-22-20(23-14-21(3)15-26-16-21)24-19-10-12-25(13-11-19)17(2)18-8-6-5-7-9-18;/h5-9,17,19H,4,10-16H2,1-3H3,(H2,22,23,24);1H. The Kier molecular flexibility index (Phi) is 8.82. The number of hydrogen-bond donors (Lipinski definition) is 2. The number of halogens is 1. The Morgan fingerprint density at radius 1 is 1.26 bits per heavy atom. The summed E-state index contributed by atoms with van der Waals surface area (Å²) in [5, 5.41) is 7.04. The molecule has 5 nitrogen and oxygen atoms in total. The van der Waals surface area contributed by atoms with Gasteiger partial charge in [0.15, 0.2) is 5.96 Å². The van der Waals surface area contributed by atoms with Crippen molar-refractivity contribution in [3.8, 4) is 0 Å². The molecule has 0 aromatic heterocycles. The van der Waals surface area contributed by atoms with E-state index in [1.165, 1.54) is 5.56 Å². The van der Waals surface area contributed by atoms with Crippen LogP contribution in [0.3, 0.4) is 0 Å². The Morgan fingerprint density at radius 2 is 1.93 bits per heavy atom. The molecule has 152 valence electrons. The highest BCUT2D eigenvalue weighted by Gasteiger charge is 2.33. The molecule has 2 heterocycles. The maximum Gasteiger partial charge on any atom is 0.191 e. The molecule has 2 N–H and O–H groups in total. The van der Waals surface area contributed by atoms with Gasteiger partial charge in [0.2, 0.25) is 0 Å². The number of hydrogen-bond acceptors (Lipinski definition) is 3. The average Bonchev–Trinajstić information content (AvgIpc) is 2.65. The Bertz CT molecular complexity index is 583. The van der Waals surface area contributed by atoms with Crippen molar-refractivity contribution in [1.82, 2.24) is 15.5 Å². The molecule has 2 aliphatic heterocycles. The van der Waals surface area contributed by atoms with Gasteiger partial charge in [-0.3, -0.25) is 9.89 Å². The van der Waals surface area contributed by atoms with Crippen molar-refractivity contribution in [1.29, 1.82) is 0 Å². The minimum absolute atomic E-state index is 0. The summed E-state index contributed by atoms with van der Waals surface area (Å²) in [6, 6.07) is 11.8. The minimum Gasteiger partial charge on any atom is -0.380 e. The van der Waals surface area contributed by atoms with Crippen LogP contribution >= 0.6 is 24.0 Å². The van der Waals surface area contributed by atoms with Crippen molar-refractivity contribution in [2.24, 2.45) is 10.4 Å². The van der Waals surface area contributed by atoms with Gasteiger partial charge >= 0.3 is 0 Å². The zero-order valence-electron chi connectivity index (χ0n) is 16.9. The molecule has 0 aliphatic carbocycles. The van der Waals surface area contributed by atoms with Gasteiger partial charge in [-0.1, -0.05) is 37.3 Å². The Labute approximate surface area is 181 Å². The second-order valence-corrected chi connectivity index (χ2v) is 8.04. The first-order valence-corrected chi connectivity index (χ1v) is 10.0. The van der Waals surface area contributed by atoms with Crippen molar-refractivity contribution < 1.29 is 4.74 Å². The van der Waals surface area contributed by atoms with Gasteiger partial charge in [0.1, 0.15) is 0 Å². The van der Waals surface area contributed by atoms with E-state index < -0.39 is 0 Å². The fourth-order valence-electron chi connectivity index (χ4n) is 3.70. The summed E-state index contributed by atoms with van der Waals surface area (Å²) in [6.45, 7) is 12.3. The first-order valence-electron chi connectivity index (χ1n) is 10.0.